The van der Waals surface area contributed by atoms with Gasteiger partial charge in [-0.2, -0.15) is 0 Å². The highest BCUT2D eigenvalue weighted by molar-refractivity contribution is 9.10. The lowest BCUT2D eigenvalue weighted by Gasteiger charge is -2.12. The normalized spacial score (nSPS) is 11.8. The SMILES string of the molecule is CCNC(=O)[C@H](C)NC(=O)CSc1nnc(-c2cccc(Br)c2)o1. The topological polar surface area (TPSA) is 97.1 Å². The zero-order valence-electron chi connectivity index (χ0n) is 13.2. The van der Waals surface area contributed by atoms with Gasteiger partial charge in [0.1, 0.15) is 6.04 Å². The number of aromatic nitrogens is 2. The van der Waals surface area contributed by atoms with Gasteiger partial charge in [-0.3, -0.25) is 9.59 Å². The molecule has 0 bridgehead atoms. The first-order valence-electron chi connectivity index (χ1n) is 7.29. The van der Waals surface area contributed by atoms with Gasteiger partial charge in [-0.05, 0) is 32.0 Å². The number of nitrogens with one attached hydrogen (secondary N) is 2. The number of halogens is 1. The summed E-state index contributed by atoms with van der Waals surface area (Å²) in [5.41, 5.74) is 0.790. The third-order valence-electron chi connectivity index (χ3n) is 2.93. The number of amides is 2. The fraction of sp³-hybridized carbons (Fsp3) is 0.333. The van der Waals surface area contributed by atoms with Crippen molar-refractivity contribution < 1.29 is 14.0 Å². The second-order valence-electron chi connectivity index (χ2n) is 4.86. The molecule has 0 unspecified atom stereocenters. The monoisotopic (exact) mass is 412 g/mol. The maximum absolute atomic E-state index is 11.8. The lowest BCUT2D eigenvalue weighted by Crippen LogP contribution is -2.45. The van der Waals surface area contributed by atoms with Crippen molar-refractivity contribution in [3.8, 4) is 11.5 Å². The van der Waals surface area contributed by atoms with E-state index >= 15 is 0 Å². The van der Waals surface area contributed by atoms with Crippen molar-refractivity contribution in [2.45, 2.75) is 25.1 Å². The van der Waals surface area contributed by atoms with Gasteiger partial charge < -0.3 is 15.1 Å². The molecular weight excluding hydrogens is 396 g/mol. The lowest BCUT2D eigenvalue weighted by atomic mass is 10.2. The molecule has 2 aromatic rings. The quantitative estimate of drug-likeness (QED) is 0.676. The zero-order chi connectivity index (χ0) is 17.5. The molecule has 1 aromatic heterocycles. The van der Waals surface area contributed by atoms with E-state index in [9.17, 15) is 9.59 Å². The van der Waals surface area contributed by atoms with Crippen LogP contribution in [0, 0.1) is 0 Å². The second kappa shape index (κ2) is 8.84. The van der Waals surface area contributed by atoms with Crippen LogP contribution in [0.15, 0.2) is 38.4 Å². The molecule has 0 saturated carbocycles. The minimum absolute atomic E-state index is 0.0872. The molecule has 7 nitrogen and oxygen atoms in total. The van der Waals surface area contributed by atoms with Gasteiger partial charge in [0.25, 0.3) is 5.22 Å². The fourth-order valence-corrected chi connectivity index (χ4v) is 2.78. The van der Waals surface area contributed by atoms with Crippen molar-refractivity contribution >= 4 is 39.5 Å². The highest BCUT2D eigenvalue weighted by Gasteiger charge is 2.16. The number of benzene rings is 1. The summed E-state index contributed by atoms with van der Waals surface area (Å²) in [6.07, 6.45) is 0. The first-order chi connectivity index (χ1) is 11.5. The number of carbonyl (C=O) groups excluding carboxylic acids is 2. The predicted molar refractivity (Wildman–Crippen MR) is 94.4 cm³/mol. The van der Waals surface area contributed by atoms with Crippen LogP contribution in [0.4, 0.5) is 0 Å². The predicted octanol–water partition coefficient (Wildman–Crippen LogP) is 2.23. The van der Waals surface area contributed by atoms with Gasteiger partial charge in [-0.15, -0.1) is 10.2 Å². The molecule has 0 aliphatic heterocycles. The molecule has 0 saturated heterocycles. The minimum Gasteiger partial charge on any atom is -0.411 e. The third-order valence-corrected chi connectivity index (χ3v) is 4.24. The van der Waals surface area contributed by atoms with Crippen LogP contribution in [0.3, 0.4) is 0 Å². The lowest BCUT2D eigenvalue weighted by molar-refractivity contribution is -0.127. The Bertz CT molecular complexity index is 722. The van der Waals surface area contributed by atoms with E-state index in [0.717, 1.165) is 21.8 Å². The van der Waals surface area contributed by atoms with E-state index in [-0.39, 0.29) is 17.6 Å². The standard InChI is InChI=1S/C15H17BrN4O3S/c1-3-17-13(22)9(2)18-12(21)8-24-15-20-19-14(23-15)10-5-4-6-11(16)7-10/h4-7,9H,3,8H2,1-2H3,(H,17,22)(H,18,21)/t9-/m0/s1. The molecule has 2 N–H and O–H groups in total. The van der Waals surface area contributed by atoms with Crippen molar-refractivity contribution in [2.75, 3.05) is 12.3 Å². The van der Waals surface area contributed by atoms with Crippen LogP contribution in [0.25, 0.3) is 11.5 Å². The van der Waals surface area contributed by atoms with Gasteiger partial charge in [-0.25, -0.2) is 0 Å². The van der Waals surface area contributed by atoms with Crippen molar-refractivity contribution in [1.29, 1.82) is 0 Å². The van der Waals surface area contributed by atoms with Crippen LogP contribution in [0.5, 0.6) is 0 Å². The van der Waals surface area contributed by atoms with Gasteiger partial charge >= 0.3 is 0 Å². The maximum Gasteiger partial charge on any atom is 0.277 e. The molecule has 9 heteroatoms. The van der Waals surface area contributed by atoms with Crippen LogP contribution < -0.4 is 10.6 Å². The van der Waals surface area contributed by atoms with Crippen LogP contribution in [0.2, 0.25) is 0 Å². The number of hydrogen-bond acceptors (Lipinski definition) is 6. The van der Waals surface area contributed by atoms with Crippen LogP contribution in [-0.2, 0) is 9.59 Å². The first kappa shape index (κ1) is 18.5. The molecule has 0 spiro atoms. The maximum atomic E-state index is 11.8. The molecule has 0 aliphatic carbocycles. The summed E-state index contributed by atoms with van der Waals surface area (Å²) in [7, 11) is 0. The summed E-state index contributed by atoms with van der Waals surface area (Å²) in [4.78, 5) is 23.4. The van der Waals surface area contributed by atoms with Crippen LogP contribution in [0.1, 0.15) is 13.8 Å². The Kier molecular flexibility index (Phi) is 6.80. The molecular formula is C15H17BrN4O3S. The Hall–Kier alpha value is -1.87. The number of nitrogens with zero attached hydrogens (tertiary/aromatic N) is 2. The molecule has 2 rings (SSSR count). The molecule has 1 atom stereocenters. The number of hydrogen-bond donors (Lipinski definition) is 2. The summed E-state index contributed by atoms with van der Waals surface area (Å²) in [5, 5.41) is 13.4. The van der Waals surface area contributed by atoms with Crippen LogP contribution in [-0.4, -0.2) is 40.4 Å². The van der Waals surface area contributed by atoms with Crippen LogP contribution >= 0.6 is 27.7 Å². The molecule has 24 heavy (non-hydrogen) atoms. The highest BCUT2D eigenvalue weighted by Crippen LogP contribution is 2.25. The second-order valence-corrected chi connectivity index (χ2v) is 6.70. The average Bonchev–Trinajstić information content (AvgIpc) is 3.02. The Morgan fingerprint density at radius 1 is 1.38 bits per heavy atom. The van der Waals surface area contributed by atoms with Gasteiger partial charge in [0.15, 0.2) is 0 Å². The van der Waals surface area contributed by atoms with E-state index in [1.165, 1.54) is 0 Å². The van der Waals surface area contributed by atoms with E-state index in [4.69, 9.17) is 4.42 Å². The molecule has 0 fully saturated rings. The van der Waals surface area contributed by atoms with Crippen molar-refractivity contribution in [3.63, 3.8) is 0 Å². The van der Waals surface area contributed by atoms with Gasteiger partial charge in [0.2, 0.25) is 17.7 Å². The largest absolute Gasteiger partial charge is 0.411 e. The molecule has 128 valence electrons. The smallest absolute Gasteiger partial charge is 0.277 e. The fourth-order valence-electron chi connectivity index (χ4n) is 1.81. The summed E-state index contributed by atoms with van der Waals surface area (Å²) in [6, 6.07) is 6.90. The Morgan fingerprint density at radius 2 is 2.17 bits per heavy atom. The van der Waals surface area contributed by atoms with E-state index in [2.05, 4.69) is 36.8 Å². The number of carbonyl (C=O) groups is 2. The van der Waals surface area contributed by atoms with E-state index < -0.39 is 6.04 Å². The Labute approximate surface area is 152 Å². The molecule has 1 aromatic carbocycles. The highest BCUT2D eigenvalue weighted by atomic mass is 79.9. The molecule has 1 heterocycles. The Balaban J connectivity index is 1.87. The number of thioether (sulfide) groups is 1. The summed E-state index contributed by atoms with van der Waals surface area (Å²) >= 11 is 4.50. The van der Waals surface area contributed by atoms with Gasteiger partial charge in [0, 0.05) is 16.6 Å². The summed E-state index contributed by atoms with van der Waals surface area (Å²) < 4.78 is 6.44. The summed E-state index contributed by atoms with van der Waals surface area (Å²) in [6.45, 7) is 3.97. The van der Waals surface area contributed by atoms with E-state index in [1.54, 1.807) is 6.92 Å². The molecule has 2 amide bonds. The van der Waals surface area contributed by atoms with Crippen molar-refractivity contribution in [2.24, 2.45) is 0 Å². The van der Waals surface area contributed by atoms with E-state index in [0.29, 0.717) is 17.7 Å². The van der Waals surface area contributed by atoms with Gasteiger partial charge in [0.05, 0.1) is 5.75 Å². The average molecular weight is 413 g/mol. The van der Waals surface area contributed by atoms with Gasteiger partial charge in [-0.1, -0.05) is 33.8 Å². The number of likely N-dealkylation sites (N-methyl/N-ethyl adjacent to an activating group) is 1. The van der Waals surface area contributed by atoms with Crippen molar-refractivity contribution in [1.82, 2.24) is 20.8 Å². The van der Waals surface area contributed by atoms with Crippen molar-refractivity contribution in [3.05, 3.63) is 28.7 Å². The molecule has 0 aliphatic rings. The first-order valence-corrected chi connectivity index (χ1v) is 9.06. The Morgan fingerprint density at radius 3 is 2.88 bits per heavy atom. The third kappa shape index (κ3) is 5.34. The minimum atomic E-state index is -0.585. The summed E-state index contributed by atoms with van der Waals surface area (Å²) in [5.74, 6) is -0.0226. The number of rotatable bonds is 7. The zero-order valence-corrected chi connectivity index (χ0v) is 15.6. The van der Waals surface area contributed by atoms with E-state index in [1.807, 2.05) is 31.2 Å². The molecule has 0 radical (unpaired) electrons.